The van der Waals surface area contributed by atoms with Crippen LogP contribution >= 0.6 is 0 Å². The number of benzene rings is 5. The number of nitrogen functional groups attached to an aromatic ring is 1. The minimum Gasteiger partial charge on any atom is -0.507 e. The second-order valence-electron chi connectivity index (χ2n) is 10.6. The second kappa shape index (κ2) is 15.5. The van der Waals surface area contributed by atoms with Crippen molar-refractivity contribution in [1.82, 2.24) is 9.97 Å². The monoisotopic (exact) mass is 643 g/mol. The fraction of sp³-hybridized carbons (Fsp3) is 0.0526. The summed E-state index contributed by atoms with van der Waals surface area (Å²) in [7, 11) is 0. The van der Waals surface area contributed by atoms with Gasteiger partial charge in [0.1, 0.15) is 16.9 Å². The van der Waals surface area contributed by atoms with Crippen LogP contribution in [-0.4, -0.2) is 37.2 Å². The van der Waals surface area contributed by atoms with E-state index in [4.69, 9.17) is 15.9 Å². The van der Waals surface area contributed by atoms with Gasteiger partial charge in [-0.1, -0.05) is 91.0 Å². The molecule has 0 aliphatic rings. The number of anilines is 1. The Hall–Kier alpha value is -6.68. The number of rotatable bonds is 2. The molecule has 0 atom stereocenters. The molecular formula is C38H33N3O7. The second-order valence-corrected chi connectivity index (χ2v) is 10.6. The summed E-state index contributed by atoms with van der Waals surface area (Å²) in [6, 6.07) is 35.2. The van der Waals surface area contributed by atoms with Gasteiger partial charge in [0, 0.05) is 28.2 Å². The molecule has 0 bridgehead atoms. The fourth-order valence-corrected chi connectivity index (χ4v) is 4.66. The van der Waals surface area contributed by atoms with Crippen molar-refractivity contribution >= 4 is 50.1 Å². The maximum Gasteiger partial charge on any atom is 0.341 e. The SMILES string of the molecule is Cc1ccc2ccccc2c1N.Cc1ccc2ccccc2c1O.O=C(O)c1cc2ccccc2[nH]c1=O.O=C(O)c1ccc[nH]c1=O. The molecule has 0 aliphatic heterocycles. The first kappa shape index (κ1) is 34.2. The summed E-state index contributed by atoms with van der Waals surface area (Å²) in [6.07, 6.45) is 1.38. The van der Waals surface area contributed by atoms with Crippen LogP contribution in [0.15, 0.2) is 131 Å². The average Bonchev–Trinajstić information content (AvgIpc) is 3.09. The third-order valence-corrected chi connectivity index (χ3v) is 7.32. The zero-order chi connectivity index (χ0) is 34.8. The molecular weight excluding hydrogens is 610 g/mol. The number of hydrogen-bond donors (Lipinski definition) is 6. The van der Waals surface area contributed by atoms with Crippen molar-refractivity contribution in [2.75, 3.05) is 5.73 Å². The Bertz CT molecular complexity index is 2280. The molecule has 2 heterocycles. The average molecular weight is 644 g/mol. The molecule has 0 spiro atoms. The van der Waals surface area contributed by atoms with Crippen molar-refractivity contribution in [3.05, 3.63) is 164 Å². The van der Waals surface area contributed by atoms with E-state index >= 15 is 0 Å². The third-order valence-electron chi connectivity index (χ3n) is 7.32. The molecule has 0 unspecified atom stereocenters. The highest BCUT2D eigenvalue weighted by atomic mass is 16.4. The normalized spacial score (nSPS) is 10.1. The van der Waals surface area contributed by atoms with Gasteiger partial charge >= 0.3 is 11.9 Å². The van der Waals surface area contributed by atoms with E-state index in [9.17, 15) is 24.3 Å². The predicted octanol–water partition coefficient (Wildman–Crippen LogP) is 6.88. The number of H-pyrrole nitrogens is 2. The smallest absolute Gasteiger partial charge is 0.341 e. The molecule has 0 saturated carbocycles. The number of hydrogen-bond acceptors (Lipinski definition) is 6. The van der Waals surface area contributed by atoms with Gasteiger partial charge in [0.2, 0.25) is 0 Å². The molecule has 10 nitrogen and oxygen atoms in total. The molecule has 0 fully saturated rings. The Morgan fingerprint density at radius 3 is 1.75 bits per heavy atom. The quantitative estimate of drug-likeness (QED) is 0.110. The van der Waals surface area contributed by atoms with E-state index in [0.29, 0.717) is 16.7 Å². The van der Waals surface area contributed by atoms with Gasteiger partial charge in [-0.2, -0.15) is 0 Å². The number of phenolic OH excluding ortho intramolecular Hbond substituents is 1. The van der Waals surface area contributed by atoms with E-state index < -0.39 is 23.1 Å². The van der Waals surface area contributed by atoms with Crippen molar-refractivity contribution in [3.8, 4) is 5.75 Å². The molecule has 7 N–H and O–H groups in total. The zero-order valence-corrected chi connectivity index (χ0v) is 26.1. The molecule has 242 valence electrons. The number of carboxylic acids is 2. The summed E-state index contributed by atoms with van der Waals surface area (Å²) in [6.45, 7) is 3.93. The van der Waals surface area contributed by atoms with Crippen molar-refractivity contribution in [3.63, 3.8) is 0 Å². The summed E-state index contributed by atoms with van der Waals surface area (Å²) < 4.78 is 0. The van der Waals surface area contributed by atoms with Gasteiger partial charge in [0.15, 0.2) is 0 Å². The fourth-order valence-electron chi connectivity index (χ4n) is 4.66. The predicted molar refractivity (Wildman–Crippen MR) is 189 cm³/mol. The van der Waals surface area contributed by atoms with E-state index in [2.05, 4.69) is 34.2 Å². The molecule has 48 heavy (non-hydrogen) atoms. The van der Waals surface area contributed by atoms with Crippen LogP contribution in [0.3, 0.4) is 0 Å². The highest BCUT2D eigenvalue weighted by Gasteiger charge is 2.09. The van der Waals surface area contributed by atoms with Crippen molar-refractivity contribution < 1.29 is 24.9 Å². The minimum atomic E-state index is -1.21. The standard InChI is InChI=1S/C11H11N.C11H10O.C10H7NO3.C6H5NO3/c2*1-8-6-7-9-4-2-3-5-10(9)11(8)12;12-9-7(10(13)14)5-6-3-1-2-4-8(6)11-9;8-5-4(6(9)10)2-1-3-7-5/h2-7H,12H2,1H3;2-7,12H,1H3;1-5H,(H,11,12)(H,13,14);1-3H,(H,7,8)(H,9,10). The van der Waals surface area contributed by atoms with Crippen molar-refractivity contribution in [2.45, 2.75) is 13.8 Å². The maximum absolute atomic E-state index is 11.2. The Kier molecular flexibility index (Phi) is 11.1. The molecule has 7 rings (SSSR count). The number of carbonyl (C=O) groups is 2. The number of carboxylic acid groups (broad SMARTS) is 2. The molecule has 0 amide bonds. The van der Waals surface area contributed by atoms with Crippen LogP contribution in [0.5, 0.6) is 5.75 Å². The van der Waals surface area contributed by atoms with E-state index in [1.54, 1.807) is 24.3 Å². The van der Waals surface area contributed by atoms with Gasteiger partial charge in [0.05, 0.1) is 0 Å². The van der Waals surface area contributed by atoms with E-state index in [0.717, 1.165) is 33.0 Å². The van der Waals surface area contributed by atoms with Gasteiger partial charge in [-0.3, -0.25) is 9.59 Å². The first-order valence-corrected chi connectivity index (χ1v) is 14.7. The van der Waals surface area contributed by atoms with Gasteiger partial charge in [-0.05, 0) is 65.4 Å². The number of pyridine rings is 2. The number of nitrogens with one attached hydrogen (secondary N) is 2. The number of aryl methyl sites for hydroxylation is 2. The number of aromatic nitrogens is 2. The summed E-state index contributed by atoms with van der Waals surface area (Å²) in [5.41, 5.74) is 7.91. The Balaban J connectivity index is 0.000000146. The van der Waals surface area contributed by atoms with Crippen LogP contribution in [-0.2, 0) is 0 Å². The van der Waals surface area contributed by atoms with Crippen LogP contribution in [0.2, 0.25) is 0 Å². The summed E-state index contributed by atoms with van der Waals surface area (Å²) in [4.78, 5) is 47.5. The van der Waals surface area contributed by atoms with Crippen LogP contribution in [0.4, 0.5) is 5.69 Å². The number of fused-ring (bicyclic) bond motifs is 3. The summed E-state index contributed by atoms with van der Waals surface area (Å²) >= 11 is 0. The van der Waals surface area contributed by atoms with E-state index in [-0.39, 0.29) is 11.1 Å². The lowest BCUT2D eigenvalue weighted by Gasteiger charge is -2.03. The van der Waals surface area contributed by atoms with Crippen LogP contribution < -0.4 is 16.9 Å². The number of nitrogens with two attached hydrogens (primary N) is 1. The number of aromatic amines is 2. The lowest BCUT2D eigenvalue weighted by atomic mass is 10.1. The van der Waals surface area contributed by atoms with Crippen LogP contribution in [0.1, 0.15) is 31.8 Å². The van der Waals surface area contributed by atoms with Gasteiger partial charge in [-0.15, -0.1) is 0 Å². The zero-order valence-electron chi connectivity index (χ0n) is 26.1. The van der Waals surface area contributed by atoms with Gasteiger partial charge < -0.3 is 31.0 Å². The van der Waals surface area contributed by atoms with Crippen LogP contribution in [0.25, 0.3) is 32.4 Å². The van der Waals surface area contributed by atoms with Crippen molar-refractivity contribution in [2.24, 2.45) is 0 Å². The molecule has 7 aromatic rings. The lowest BCUT2D eigenvalue weighted by molar-refractivity contribution is 0.0684. The number of para-hydroxylation sites is 1. The molecule has 5 aromatic carbocycles. The van der Waals surface area contributed by atoms with E-state index in [1.807, 2.05) is 62.4 Å². The number of phenols is 1. The summed E-state index contributed by atoms with van der Waals surface area (Å²) in [5, 5.41) is 31.8. The van der Waals surface area contributed by atoms with Gasteiger partial charge in [0.25, 0.3) is 11.1 Å². The number of aromatic hydroxyl groups is 1. The first-order valence-electron chi connectivity index (χ1n) is 14.7. The highest BCUT2D eigenvalue weighted by molar-refractivity contribution is 5.94. The topological polar surface area (TPSA) is 187 Å². The largest absolute Gasteiger partial charge is 0.507 e. The van der Waals surface area contributed by atoms with E-state index in [1.165, 1.54) is 29.8 Å². The number of aromatic carboxylic acids is 2. The first-order chi connectivity index (χ1) is 23.0. The Morgan fingerprint density at radius 2 is 1.15 bits per heavy atom. The van der Waals surface area contributed by atoms with Crippen LogP contribution in [0, 0.1) is 13.8 Å². The molecule has 0 saturated heterocycles. The molecule has 0 radical (unpaired) electrons. The molecule has 0 aliphatic carbocycles. The Labute approximate surface area is 274 Å². The van der Waals surface area contributed by atoms with Gasteiger partial charge in [-0.25, -0.2) is 9.59 Å². The Morgan fingerprint density at radius 1 is 0.604 bits per heavy atom. The highest BCUT2D eigenvalue weighted by Crippen LogP contribution is 2.27. The molecule has 2 aromatic heterocycles. The maximum atomic E-state index is 11.2. The molecule has 10 heteroatoms. The summed E-state index contributed by atoms with van der Waals surface area (Å²) in [5.74, 6) is -2.02. The van der Waals surface area contributed by atoms with Crippen molar-refractivity contribution in [1.29, 1.82) is 0 Å². The minimum absolute atomic E-state index is 0.233. The lowest BCUT2D eigenvalue weighted by Crippen LogP contribution is -2.16. The third kappa shape index (κ3) is 8.32.